The van der Waals surface area contributed by atoms with E-state index in [9.17, 15) is 0 Å². The van der Waals surface area contributed by atoms with Crippen molar-refractivity contribution in [3.8, 4) is 0 Å². The average Bonchev–Trinajstić information content (AvgIpc) is 2.63. The smallest absolute Gasteiger partial charge is 0.245 e. The zero-order valence-electron chi connectivity index (χ0n) is 9.44. The van der Waals surface area contributed by atoms with Crippen molar-refractivity contribution in [1.29, 1.82) is 0 Å². The zero-order valence-corrected chi connectivity index (χ0v) is 9.44. The Kier molecular flexibility index (Phi) is 4.66. The molecular weight excluding hydrogens is 176 g/mol. The van der Waals surface area contributed by atoms with Gasteiger partial charge < -0.3 is 4.74 Å². The maximum Gasteiger partial charge on any atom is 0.245 e. The number of aromatic nitrogens is 2. The molecule has 80 valence electrons. The van der Waals surface area contributed by atoms with Crippen LogP contribution in [-0.2, 0) is 11.3 Å². The second-order valence-corrected chi connectivity index (χ2v) is 3.51. The van der Waals surface area contributed by atoms with Crippen LogP contribution in [0.4, 0.5) is 0 Å². The number of nitrogens with zero attached hydrogens (tertiary/aromatic N) is 2. The van der Waals surface area contributed by atoms with Gasteiger partial charge in [-0.05, 0) is 13.3 Å². The van der Waals surface area contributed by atoms with Gasteiger partial charge in [0.25, 0.3) is 0 Å². The molecule has 1 atom stereocenters. The lowest BCUT2D eigenvalue weighted by molar-refractivity contribution is -0.697. The number of imidazole rings is 1. The highest BCUT2D eigenvalue weighted by Crippen LogP contribution is 2.04. The number of ether oxygens (including phenoxy) is 1. The van der Waals surface area contributed by atoms with Crippen molar-refractivity contribution in [3.63, 3.8) is 0 Å². The Morgan fingerprint density at radius 3 is 2.86 bits per heavy atom. The van der Waals surface area contributed by atoms with Gasteiger partial charge in [0.2, 0.25) is 6.33 Å². The van der Waals surface area contributed by atoms with E-state index < -0.39 is 0 Å². The van der Waals surface area contributed by atoms with Gasteiger partial charge in [0.1, 0.15) is 12.4 Å². The van der Waals surface area contributed by atoms with E-state index in [4.69, 9.17) is 4.74 Å². The van der Waals surface area contributed by atoms with Crippen LogP contribution in [-0.4, -0.2) is 11.2 Å². The fourth-order valence-corrected chi connectivity index (χ4v) is 1.43. The summed E-state index contributed by atoms with van der Waals surface area (Å²) in [5, 5.41) is 0. The van der Waals surface area contributed by atoms with Crippen molar-refractivity contribution in [2.24, 2.45) is 0 Å². The number of rotatable bonds is 6. The highest BCUT2D eigenvalue weighted by molar-refractivity contribution is 4.68. The third-order valence-electron chi connectivity index (χ3n) is 2.31. The quantitative estimate of drug-likeness (QED) is 0.639. The molecule has 0 amide bonds. The molecule has 0 N–H and O–H groups in total. The van der Waals surface area contributed by atoms with E-state index in [1.807, 2.05) is 6.92 Å². The first-order chi connectivity index (χ1) is 6.77. The Balaban J connectivity index is 2.49. The second-order valence-electron chi connectivity index (χ2n) is 3.51. The van der Waals surface area contributed by atoms with Crippen molar-refractivity contribution in [2.75, 3.05) is 6.61 Å². The van der Waals surface area contributed by atoms with Crippen LogP contribution in [0, 0.1) is 0 Å². The Labute approximate surface area is 86.3 Å². The molecule has 3 nitrogen and oxygen atoms in total. The van der Waals surface area contributed by atoms with Crippen LogP contribution < -0.4 is 4.57 Å². The highest BCUT2D eigenvalue weighted by Gasteiger charge is 2.10. The lowest BCUT2D eigenvalue weighted by Gasteiger charge is -2.06. The first-order valence-corrected chi connectivity index (χ1v) is 5.46. The van der Waals surface area contributed by atoms with Crippen molar-refractivity contribution < 1.29 is 9.30 Å². The summed E-state index contributed by atoms with van der Waals surface area (Å²) in [4.78, 5) is 0. The predicted octanol–water partition coefficient (Wildman–Crippen LogP) is 2.13. The predicted molar refractivity (Wildman–Crippen MR) is 55.9 cm³/mol. The van der Waals surface area contributed by atoms with Crippen LogP contribution in [0.1, 0.15) is 39.8 Å². The van der Waals surface area contributed by atoms with Gasteiger partial charge in [-0.2, -0.15) is 0 Å². The maximum atomic E-state index is 5.50. The Morgan fingerprint density at radius 2 is 2.21 bits per heavy atom. The molecule has 0 aliphatic carbocycles. The third kappa shape index (κ3) is 3.14. The first-order valence-electron chi connectivity index (χ1n) is 5.46. The van der Waals surface area contributed by atoms with Gasteiger partial charge in [-0.15, -0.1) is 0 Å². The number of unbranched alkanes of at least 4 members (excludes halogenated alkanes) is 1. The summed E-state index contributed by atoms with van der Waals surface area (Å²) >= 11 is 0. The summed E-state index contributed by atoms with van der Waals surface area (Å²) in [5.41, 5.74) is 0. The lowest BCUT2D eigenvalue weighted by Crippen LogP contribution is -2.31. The van der Waals surface area contributed by atoms with Crippen LogP contribution in [0.5, 0.6) is 0 Å². The summed E-state index contributed by atoms with van der Waals surface area (Å²) in [6, 6.07) is 0. The third-order valence-corrected chi connectivity index (χ3v) is 2.31. The van der Waals surface area contributed by atoms with Gasteiger partial charge in [-0.3, -0.25) is 0 Å². The Hall–Kier alpha value is -0.830. The van der Waals surface area contributed by atoms with Gasteiger partial charge >= 0.3 is 0 Å². The molecule has 0 radical (unpaired) electrons. The van der Waals surface area contributed by atoms with Gasteiger partial charge in [0.05, 0.1) is 6.54 Å². The molecule has 0 aliphatic heterocycles. The van der Waals surface area contributed by atoms with E-state index >= 15 is 0 Å². The maximum absolute atomic E-state index is 5.50. The summed E-state index contributed by atoms with van der Waals surface area (Å²) in [7, 11) is 0. The summed E-state index contributed by atoms with van der Waals surface area (Å²) in [6.45, 7) is 8.15. The van der Waals surface area contributed by atoms with E-state index in [0.717, 1.165) is 13.2 Å². The Bertz CT molecular complexity index is 258. The molecule has 0 aromatic carbocycles. The lowest BCUT2D eigenvalue weighted by atomic mass is 10.3. The van der Waals surface area contributed by atoms with Crippen LogP contribution in [0.3, 0.4) is 0 Å². The van der Waals surface area contributed by atoms with Gasteiger partial charge in [-0.25, -0.2) is 9.13 Å². The Morgan fingerprint density at radius 1 is 1.43 bits per heavy atom. The van der Waals surface area contributed by atoms with Crippen LogP contribution in [0.2, 0.25) is 0 Å². The highest BCUT2D eigenvalue weighted by atomic mass is 16.5. The number of aryl methyl sites for hydroxylation is 1. The van der Waals surface area contributed by atoms with Gasteiger partial charge in [-0.1, -0.05) is 13.3 Å². The molecule has 14 heavy (non-hydrogen) atoms. The minimum absolute atomic E-state index is 0.142. The van der Waals surface area contributed by atoms with Crippen LogP contribution in [0.25, 0.3) is 0 Å². The molecule has 0 bridgehead atoms. The molecule has 1 aromatic heterocycles. The first kappa shape index (κ1) is 11.2. The SMILES string of the molecule is CCCC[n+]1ccn(C(C)OCC)c1. The largest absolute Gasteiger partial charge is 0.340 e. The second kappa shape index (κ2) is 5.81. The van der Waals surface area contributed by atoms with E-state index in [1.54, 1.807) is 0 Å². The van der Waals surface area contributed by atoms with Gasteiger partial charge in [0, 0.05) is 13.5 Å². The van der Waals surface area contributed by atoms with E-state index in [2.05, 4.69) is 41.7 Å². The molecule has 1 rings (SSSR count). The molecule has 0 spiro atoms. The molecule has 0 saturated heterocycles. The van der Waals surface area contributed by atoms with E-state index in [-0.39, 0.29) is 6.23 Å². The number of hydrogen-bond acceptors (Lipinski definition) is 1. The van der Waals surface area contributed by atoms with Crippen LogP contribution in [0.15, 0.2) is 18.7 Å². The van der Waals surface area contributed by atoms with E-state index in [0.29, 0.717) is 0 Å². The molecule has 3 heteroatoms. The molecule has 0 fully saturated rings. The monoisotopic (exact) mass is 197 g/mol. The summed E-state index contributed by atoms with van der Waals surface area (Å²) < 4.78 is 9.80. The molecule has 1 aromatic rings. The summed E-state index contributed by atoms with van der Waals surface area (Å²) in [6.07, 6.45) is 8.89. The topological polar surface area (TPSA) is 18.0 Å². The van der Waals surface area contributed by atoms with Gasteiger partial charge in [0.15, 0.2) is 6.23 Å². The van der Waals surface area contributed by atoms with E-state index in [1.165, 1.54) is 12.8 Å². The fraction of sp³-hybridized carbons (Fsp3) is 0.727. The average molecular weight is 197 g/mol. The molecule has 0 aliphatic rings. The van der Waals surface area contributed by atoms with Crippen molar-refractivity contribution in [2.45, 2.75) is 46.4 Å². The summed E-state index contributed by atoms with van der Waals surface area (Å²) in [5.74, 6) is 0. The van der Waals surface area contributed by atoms with Crippen molar-refractivity contribution >= 4 is 0 Å². The molecule has 0 saturated carbocycles. The standard InChI is InChI=1S/C11H21N2O/c1-4-6-7-12-8-9-13(10-12)11(3)14-5-2/h8-11H,4-7H2,1-3H3/q+1. The van der Waals surface area contributed by atoms with Crippen molar-refractivity contribution in [3.05, 3.63) is 18.7 Å². The van der Waals surface area contributed by atoms with Crippen LogP contribution >= 0.6 is 0 Å². The minimum Gasteiger partial charge on any atom is -0.340 e. The van der Waals surface area contributed by atoms with Crippen molar-refractivity contribution in [1.82, 2.24) is 4.57 Å². The normalized spacial score (nSPS) is 13.1. The minimum atomic E-state index is 0.142. The zero-order chi connectivity index (χ0) is 10.4. The fourth-order valence-electron chi connectivity index (χ4n) is 1.43. The molecule has 1 heterocycles. The molecular formula is C11H21N2O+. The number of hydrogen-bond donors (Lipinski definition) is 0. The molecule has 1 unspecified atom stereocenters.